The van der Waals surface area contributed by atoms with Crippen molar-refractivity contribution in [2.75, 3.05) is 10.6 Å². The van der Waals surface area contributed by atoms with E-state index >= 15 is 0 Å². The Labute approximate surface area is 128 Å². The number of anilines is 2. The fraction of sp³-hybridized carbons (Fsp3) is 0.176. The first-order chi connectivity index (χ1) is 10.7. The average molecular weight is 295 g/mol. The number of benzene rings is 2. The molecule has 5 nitrogen and oxygen atoms in total. The molecule has 5 heteroatoms. The van der Waals surface area contributed by atoms with Crippen LogP contribution in [0.1, 0.15) is 23.2 Å². The van der Waals surface area contributed by atoms with Crippen LogP contribution in [0.15, 0.2) is 54.6 Å². The summed E-state index contributed by atoms with van der Waals surface area (Å²) in [7, 11) is 0. The number of rotatable bonds is 4. The Morgan fingerprint density at radius 2 is 1.55 bits per heavy atom. The molecular weight excluding hydrogens is 278 g/mol. The van der Waals surface area contributed by atoms with Gasteiger partial charge in [-0.15, -0.1) is 0 Å². The van der Waals surface area contributed by atoms with Crippen molar-refractivity contribution in [3.63, 3.8) is 0 Å². The highest BCUT2D eigenvalue weighted by molar-refractivity contribution is 6.04. The van der Waals surface area contributed by atoms with E-state index < -0.39 is 0 Å². The smallest absolute Gasteiger partial charge is 0.319 e. The molecule has 1 aliphatic rings. The standard InChI is InChI=1S/C17H17N3O2/c21-16(12-5-2-1-3-6-12)18-14-7-4-8-15(11-14)20-17(22)19-13-9-10-13/h1-8,11,13H,9-10H2,(H,18,21)(H2,19,20,22). The maximum Gasteiger partial charge on any atom is 0.319 e. The summed E-state index contributed by atoms with van der Waals surface area (Å²) in [5, 5.41) is 8.43. The molecule has 0 unspecified atom stereocenters. The second-order valence-electron chi connectivity index (χ2n) is 5.27. The molecule has 3 amide bonds. The van der Waals surface area contributed by atoms with Crippen molar-refractivity contribution in [1.82, 2.24) is 5.32 Å². The molecular formula is C17H17N3O2. The lowest BCUT2D eigenvalue weighted by atomic mass is 10.2. The molecule has 22 heavy (non-hydrogen) atoms. The summed E-state index contributed by atoms with van der Waals surface area (Å²) in [6, 6.07) is 16.2. The number of amides is 3. The van der Waals surface area contributed by atoms with Crippen molar-refractivity contribution < 1.29 is 9.59 Å². The fourth-order valence-electron chi connectivity index (χ4n) is 2.05. The molecule has 2 aromatic rings. The zero-order valence-corrected chi connectivity index (χ0v) is 12.0. The van der Waals surface area contributed by atoms with Gasteiger partial charge in [0.05, 0.1) is 0 Å². The first kappa shape index (κ1) is 14.1. The summed E-state index contributed by atoms with van der Waals surface area (Å²) in [6.45, 7) is 0. The van der Waals surface area contributed by atoms with Crippen LogP contribution in [0.2, 0.25) is 0 Å². The highest BCUT2D eigenvalue weighted by Gasteiger charge is 2.23. The molecule has 1 saturated carbocycles. The largest absolute Gasteiger partial charge is 0.335 e. The van der Waals surface area contributed by atoms with Crippen molar-refractivity contribution in [2.24, 2.45) is 0 Å². The SMILES string of the molecule is O=C(Nc1cccc(NC(=O)c2ccccc2)c1)NC1CC1. The monoisotopic (exact) mass is 295 g/mol. The predicted molar refractivity (Wildman–Crippen MR) is 86.0 cm³/mol. The van der Waals surface area contributed by atoms with Crippen LogP contribution in [0.25, 0.3) is 0 Å². The van der Waals surface area contributed by atoms with Gasteiger partial charge < -0.3 is 16.0 Å². The van der Waals surface area contributed by atoms with Gasteiger partial charge >= 0.3 is 6.03 Å². The number of nitrogens with one attached hydrogen (secondary N) is 3. The van der Waals surface area contributed by atoms with Crippen LogP contribution >= 0.6 is 0 Å². The molecule has 0 saturated heterocycles. The van der Waals surface area contributed by atoms with E-state index in [-0.39, 0.29) is 11.9 Å². The Kier molecular flexibility index (Phi) is 4.05. The van der Waals surface area contributed by atoms with Crippen LogP contribution in [0, 0.1) is 0 Å². The van der Waals surface area contributed by atoms with Crippen molar-refractivity contribution in [3.8, 4) is 0 Å². The van der Waals surface area contributed by atoms with Crippen molar-refractivity contribution in [3.05, 3.63) is 60.2 Å². The van der Waals surface area contributed by atoms with Crippen molar-refractivity contribution in [1.29, 1.82) is 0 Å². The number of hydrogen-bond acceptors (Lipinski definition) is 2. The van der Waals surface area contributed by atoms with Crippen LogP contribution in [0.4, 0.5) is 16.2 Å². The van der Waals surface area contributed by atoms with E-state index in [1.54, 1.807) is 36.4 Å². The molecule has 1 aliphatic carbocycles. The number of carbonyl (C=O) groups excluding carboxylic acids is 2. The quantitative estimate of drug-likeness (QED) is 0.810. The second kappa shape index (κ2) is 6.30. The molecule has 0 aromatic heterocycles. The van der Waals surface area contributed by atoms with Gasteiger partial charge in [-0.25, -0.2) is 4.79 Å². The summed E-state index contributed by atoms with van der Waals surface area (Å²) >= 11 is 0. The third-order valence-corrected chi connectivity index (χ3v) is 3.33. The first-order valence-corrected chi connectivity index (χ1v) is 7.25. The zero-order chi connectivity index (χ0) is 15.4. The molecule has 1 fully saturated rings. The van der Waals surface area contributed by atoms with Gasteiger partial charge in [0.2, 0.25) is 0 Å². The zero-order valence-electron chi connectivity index (χ0n) is 12.0. The molecule has 0 atom stereocenters. The Balaban J connectivity index is 1.63. The minimum absolute atomic E-state index is 0.180. The summed E-state index contributed by atoms with van der Waals surface area (Å²) in [5.41, 5.74) is 1.87. The summed E-state index contributed by atoms with van der Waals surface area (Å²) in [5.74, 6) is -0.180. The number of urea groups is 1. The fourth-order valence-corrected chi connectivity index (χ4v) is 2.05. The van der Waals surface area contributed by atoms with Crippen LogP contribution in [-0.4, -0.2) is 18.0 Å². The van der Waals surface area contributed by atoms with E-state index in [0.29, 0.717) is 23.0 Å². The number of carbonyl (C=O) groups is 2. The topological polar surface area (TPSA) is 70.2 Å². The van der Waals surface area contributed by atoms with Crippen LogP contribution in [0.5, 0.6) is 0 Å². The maximum absolute atomic E-state index is 12.1. The van der Waals surface area contributed by atoms with Gasteiger partial charge in [-0.2, -0.15) is 0 Å². The lowest BCUT2D eigenvalue weighted by Gasteiger charge is -2.09. The Morgan fingerprint density at radius 3 is 2.23 bits per heavy atom. The van der Waals surface area contributed by atoms with Gasteiger partial charge in [0.1, 0.15) is 0 Å². The minimum Gasteiger partial charge on any atom is -0.335 e. The molecule has 0 heterocycles. The van der Waals surface area contributed by atoms with E-state index in [1.165, 1.54) is 0 Å². The molecule has 112 valence electrons. The van der Waals surface area contributed by atoms with Crippen molar-refractivity contribution >= 4 is 23.3 Å². The number of hydrogen-bond donors (Lipinski definition) is 3. The second-order valence-corrected chi connectivity index (χ2v) is 5.27. The van der Waals surface area contributed by atoms with E-state index in [1.807, 2.05) is 18.2 Å². The summed E-state index contributed by atoms with van der Waals surface area (Å²) < 4.78 is 0. The molecule has 0 bridgehead atoms. The Bertz CT molecular complexity index is 681. The molecule has 3 rings (SSSR count). The predicted octanol–water partition coefficient (Wildman–Crippen LogP) is 3.22. The third-order valence-electron chi connectivity index (χ3n) is 3.33. The summed E-state index contributed by atoms with van der Waals surface area (Å²) in [4.78, 5) is 23.8. The van der Waals surface area contributed by atoms with Gasteiger partial charge in [-0.1, -0.05) is 24.3 Å². The first-order valence-electron chi connectivity index (χ1n) is 7.25. The lowest BCUT2D eigenvalue weighted by molar-refractivity contribution is 0.102. The Morgan fingerprint density at radius 1 is 0.864 bits per heavy atom. The highest BCUT2D eigenvalue weighted by Crippen LogP contribution is 2.20. The molecule has 0 radical (unpaired) electrons. The lowest BCUT2D eigenvalue weighted by Crippen LogP contribution is -2.30. The Hall–Kier alpha value is -2.82. The van der Waals surface area contributed by atoms with Gasteiger partial charge in [0.15, 0.2) is 0 Å². The molecule has 0 spiro atoms. The van der Waals surface area contributed by atoms with E-state index in [4.69, 9.17) is 0 Å². The minimum atomic E-state index is -0.214. The van der Waals surface area contributed by atoms with Gasteiger partial charge in [0.25, 0.3) is 5.91 Å². The maximum atomic E-state index is 12.1. The molecule has 0 aliphatic heterocycles. The van der Waals surface area contributed by atoms with Crippen LogP contribution in [0.3, 0.4) is 0 Å². The highest BCUT2D eigenvalue weighted by atomic mass is 16.2. The van der Waals surface area contributed by atoms with Crippen molar-refractivity contribution in [2.45, 2.75) is 18.9 Å². The molecule has 2 aromatic carbocycles. The van der Waals surface area contributed by atoms with Gasteiger partial charge in [-0.3, -0.25) is 4.79 Å². The normalized spacial score (nSPS) is 13.3. The van der Waals surface area contributed by atoms with Gasteiger partial charge in [0, 0.05) is 23.0 Å². The van der Waals surface area contributed by atoms with E-state index in [2.05, 4.69) is 16.0 Å². The average Bonchev–Trinajstić information content (AvgIpc) is 3.32. The summed E-state index contributed by atoms with van der Waals surface area (Å²) in [6.07, 6.45) is 2.08. The third kappa shape index (κ3) is 3.85. The van der Waals surface area contributed by atoms with Crippen LogP contribution < -0.4 is 16.0 Å². The van der Waals surface area contributed by atoms with Crippen LogP contribution in [-0.2, 0) is 0 Å². The van der Waals surface area contributed by atoms with E-state index in [9.17, 15) is 9.59 Å². The van der Waals surface area contributed by atoms with Gasteiger partial charge in [-0.05, 0) is 43.2 Å². The molecule has 3 N–H and O–H groups in total. The van der Waals surface area contributed by atoms with E-state index in [0.717, 1.165) is 12.8 Å².